The Balaban J connectivity index is 1.11. The van der Waals surface area contributed by atoms with Crippen LogP contribution < -0.4 is 4.90 Å². The van der Waals surface area contributed by atoms with Gasteiger partial charge in [0.25, 0.3) is 0 Å². The minimum Gasteiger partial charge on any atom is -0.311 e. The molecule has 244 valence electrons. The van der Waals surface area contributed by atoms with E-state index in [9.17, 15) is 0 Å². The molecule has 1 spiro atoms. The quantitative estimate of drug-likeness (QED) is 0.183. The predicted octanol–water partition coefficient (Wildman–Crippen LogP) is 13.1. The van der Waals surface area contributed by atoms with Gasteiger partial charge < -0.3 is 9.47 Å². The van der Waals surface area contributed by atoms with E-state index in [-0.39, 0.29) is 0 Å². The minimum absolute atomic E-state index is 0.466. The van der Waals surface area contributed by atoms with E-state index in [2.05, 4.69) is 204 Å². The largest absolute Gasteiger partial charge is 0.311 e. The molecule has 0 aliphatic carbocycles. The van der Waals surface area contributed by atoms with Crippen molar-refractivity contribution in [2.24, 2.45) is 0 Å². The first-order valence-electron chi connectivity index (χ1n) is 17.9. The Labute approximate surface area is 307 Å². The average molecular weight is 681 g/mol. The first-order chi connectivity index (χ1) is 25.8. The molecule has 2 aliphatic heterocycles. The van der Waals surface area contributed by atoms with Crippen LogP contribution in [0.4, 0.5) is 17.1 Å². The molecule has 8 aromatic carbocycles. The first-order valence-corrected chi connectivity index (χ1v) is 18.7. The highest BCUT2D eigenvalue weighted by Gasteiger charge is 2.49. The van der Waals surface area contributed by atoms with Crippen molar-refractivity contribution >= 4 is 50.6 Å². The molecule has 0 radical (unpaired) electrons. The van der Waals surface area contributed by atoms with E-state index < -0.39 is 5.41 Å². The van der Waals surface area contributed by atoms with Crippen LogP contribution in [0.3, 0.4) is 0 Å². The summed E-state index contributed by atoms with van der Waals surface area (Å²) in [6, 6.07) is 71.3. The summed E-state index contributed by atoms with van der Waals surface area (Å²) < 4.78 is 2.51. The molecule has 3 heteroatoms. The van der Waals surface area contributed by atoms with Crippen molar-refractivity contribution in [1.29, 1.82) is 0 Å². The first kappa shape index (κ1) is 29.4. The smallest absolute Gasteiger partial charge is 0.0764 e. The highest BCUT2D eigenvalue weighted by atomic mass is 32.2. The summed E-state index contributed by atoms with van der Waals surface area (Å²) in [5.74, 6) is 0. The third kappa shape index (κ3) is 4.08. The summed E-state index contributed by atoms with van der Waals surface area (Å²) in [6.07, 6.45) is 0. The van der Waals surface area contributed by atoms with Gasteiger partial charge in [0.15, 0.2) is 0 Å². The number of aromatic nitrogens is 1. The number of hydrogen-bond donors (Lipinski definition) is 0. The second-order valence-corrected chi connectivity index (χ2v) is 14.8. The fraction of sp³-hybridized carbons (Fsp3) is 0.0204. The molecule has 9 aromatic rings. The molecule has 1 atom stereocenters. The molecule has 3 heterocycles. The molecule has 0 amide bonds. The highest BCUT2D eigenvalue weighted by molar-refractivity contribution is 7.99. The van der Waals surface area contributed by atoms with Gasteiger partial charge in [0.05, 0.1) is 22.1 Å². The fourth-order valence-corrected chi connectivity index (χ4v) is 10.1. The van der Waals surface area contributed by atoms with Gasteiger partial charge in [-0.2, -0.15) is 0 Å². The summed E-state index contributed by atoms with van der Waals surface area (Å²) in [4.78, 5) is 4.92. The van der Waals surface area contributed by atoms with E-state index in [0.717, 1.165) is 17.1 Å². The Kier molecular flexibility index (Phi) is 6.43. The van der Waals surface area contributed by atoms with Crippen molar-refractivity contribution in [2.75, 3.05) is 4.90 Å². The number of fused-ring (bicyclic) bond motifs is 11. The zero-order valence-electron chi connectivity index (χ0n) is 28.3. The molecule has 0 saturated heterocycles. The van der Waals surface area contributed by atoms with Crippen molar-refractivity contribution < 1.29 is 0 Å². The van der Waals surface area contributed by atoms with Crippen molar-refractivity contribution in [3.05, 3.63) is 216 Å². The minimum atomic E-state index is -0.466. The fourth-order valence-electron chi connectivity index (χ4n) is 8.91. The van der Waals surface area contributed by atoms with Crippen LogP contribution in [0.2, 0.25) is 0 Å². The van der Waals surface area contributed by atoms with Crippen LogP contribution in [-0.2, 0) is 5.41 Å². The van der Waals surface area contributed by atoms with Crippen molar-refractivity contribution in [3.8, 4) is 16.8 Å². The molecule has 11 rings (SSSR count). The van der Waals surface area contributed by atoms with Gasteiger partial charge >= 0.3 is 0 Å². The monoisotopic (exact) mass is 680 g/mol. The molecule has 1 aromatic heterocycles. The Hall–Kier alpha value is -6.29. The van der Waals surface area contributed by atoms with Gasteiger partial charge in [-0.1, -0.05) is 145 Å². The molecule has 0 saturated carbocycles. The number of anilines is 3. The molecule has 0 N–H and O–H groups in total. The van der Waals surface area contributed by atoms with Gasteiger partial charge in [-0.05, 0) is 94.0 Å². The number of hydrogen-bond acceptors (Lipinski definition) is 2. The summed E-state index contributed by atoms with van der Waals surface area (Å²) in [5, 5.41) is 2.60. The van der Waals surface area contributed by atoms with Crippen LogP contribution in [0.25, 0.3) is 38.6 Å². The number of nitrogens with zero attached hydrogens (tertiary/aromatic N) is 2. The molecular weight excluding hydrogens is 649 g/mol. The Morgan fingerprint density at radius 3 is 1.77 bits per heavy atom. The second-order valence-electron chi connectivity index (χ2n) is 13.7. The molecule has 0 fully saturated rings. The van der Waals surface area contributed by atoms with Crippen LogP contribution >= 0.6 is 11.8 Å². The summed E-state index contributed by atoms with van der Waals surface area (Å²) in [6.45, 7) is 0. The van der Waals surface area contributed by atoms with E-state index in [1.54, 1.807) is 0 Å². The lowest BCUT2D eigenvalue weighted by Gasteiger charge is -2.45. The molecule has 2 nitrogen and oxygen atoms in total. The molecule has 52 heavy (non-hydrogen) atoms. The van der Waals surface area contributed by atoms with E-state index in [1.807, 2.05) is 11.8 Å². The van der Waals surface area contributed by atoms with Crippen molar-refractivity contribution in [3.63, 3.8) is 0 Å². The second kappa shape index (κ2) is 11.4. The Morgan fingerprint density at radius 2 is 0.981 bits per heavy atom. The molecule has 1 unspecified atom stereocenters. The van der Waals surface area contributed by atoms with Gasteiger partial charge in [-0.15, -0.1) is 0 Å². The van der Waals surface area contributed by atoms with E-state index in [0.29, 0.717) is 0 Å². The van der Waals surface area contributed by atoms with Crippen LogP contribution in [0.5, 0.6) is 0 Å². The van der Waals surface area contributed by atoms with Crippen LogP contribution in [0.15, 0.2) is 204 Å². The lowest BCUT2D eigenvalue weighted by atomic mass is 9.62. The predicted molar refractivity (Wildman–Crippen MR) is 217 cm³/mol. The van der Waals surface area contributed by atoms with Crippen LogP contribution in [-0.4, -0.2) is 4.57 Å². The zero-order chi connectivity index (χ0) is 34.2. The van der Waals surface area contributed by atoms with Crippen molar-refractivity contribution in [2.45, 2.75) is 15.2 Å². The van der Waals surface area contributed by atoms with Crippen molar-refractivity contribution in [1.82, 2.24) is 4.57 Å². The van der Waals surface area contributed by atoms with Crippen LogP contribution in [0, 0.1) is 0 Å². The maximum absolute atomic E-state index is 2.51. The van der Waals surface area contributed by atoms with Gasteiger partial charge in [-0.25, -0.2) is 0 Å². The van der Waals surface area contributed by atoms with Gasteiger partial charge in [0.1, 0.15) is 0 Å². The summed E-state index contributed by atoms with van der Waals surface area (Å²) in [5.41, 5.74) is 14.5. The van der Waals surface area contributed by atoms with E-state index >= 15 is 0 Å². The van der Waals surface area contributed by atoms with E-state index in [1.165, 1.54) is 70.7 Å². The Bertz CT molecular complexity index is 2780. The number of benzene rings is 8. The topological polar surface area (TPSA) is 8.17 Å². The molecule has 2 aliphatic rings. The van der Waals surface area contributed by atoms with Gasteiger partial charge in [0.2, 0.25) is 0 Å². The SMILES string of the molecule is c1ccc(N(c2ccccc2)c2ccc(-c3ccc4c(c3)Sc3ccccc3C43c4ccccc4-n4c5ccccc5c5cccc3c54)cc2)cc1. The standard InChI is InChI=1S/C49H32N2S/c1-3-14-35(15-4-1)50(36-16-5-2-6-17-36)37-29-26-33(27-30-37)34-28-31-42-47(32-34)52-46-25-12-9-21-41(46)49(42)40-20-8-11-24-45(40)51-44-23-10-7-18-38(44)39-19-13-22-43(49)48(39)51/h1-32H. The summed E-state index contributed by atoms with van der Waals surface area (Å²) in [7, 11) is 0. The van der Waals surface area contributed by atoms with Gasteiger partial charge in [0, 0.05) is 37.6 Å². The van der Waals surface area contributed by atoms with Gasteiger partial charge in [-0.3, -0.25) is 0 Å². The Morgan fingerprint density at radius 1 is 0.404 bits per heavy atom. The maximum Gasteiger partial charge on any atom is 0.0764 e. The third-order valence-corrected chi connectivity index (χ3v) is 12.2. The maximum atomic E-state index is 2.51. The highest BCUT2D eigenvalue weighted by Crippen LogP contribution is 2.60. The number of rotatable bonds is 4. The molecular formula is C49H32N2S. The number of para-hydroxylation sites is 5. The lowest BCUT2D eigenvalue weighted by Crippen LogP contribution is -2.37. The third-order valence-electron chi connectivity index (χ3n) is 11.0. The zero-order valence-corrected chi connectivity index (χ0v) is 29.1. The molecule has 0 bridgehead atoms. The van der Waals surface area contributed by atoms with Crippen LogP contribution in [0.1, 0.15) is 22.3 Å². The lowest BCUT2D eigenvalue weighted by molar-refractivity contribution is 0.690. The normalized spacial score (nSPS) is 15.3. The van der Waals surface area contributed by atoms with E-state index in [4.69, 9.17) is 0 Å². The average Bonchev–Trinajstić information content (AvgIpc) is 3.56. The summed E-state index contributed by atoms with van der Waals surface area (Å²) >= 11 is 1.90.